The fourth-order valence-electron chi connectivity index (χ4n) is 1.74. The highest BCUT2D eigenvalue weighted by molar-refractivity contribution is 7.03. The number of nitrogens with one attached hydrogen (secondary N) is 1. The lowest BCUT2D eigenvalue weighted by Crippen LogP contribution is -2.16. The van der Waals surface area contributed by atoms with Crippen molar-refractivity contribution in [3.05, 3.63) is 47.0 Å². The average molecular weight is 247 g/mol. The lowest BCUT2D eigenvalue weighted by Gasteiger charge is -2.11. The van der Waals surface area contributed by atoms with Crippen molar-refractivity contribution in [1.82, 2.24) is 14.9 Å². The Bertz CT molecular complexity index is 413. The van der Waals surface area contributed by atoms with Crippen molar-refractivity contribution in [1.29, 1.82) is 0 Å². The van der Waals surface area contributed by atoms with Crippen molar-refractivity contribution < 1.29 is 0 Å². The molecule has 1 atom stereocenters. The lowest BCUT2D eigenvalue weighted by atomic mass is 9.98. The maximum Gasteiger partial charge on any atom is 0.0893 e. The van der Waals surface area contributed by atoms with E-state index in [9.17, 15) is 0 Å². The van der Waals surface area contributed by atoms with Crippen LogP contribution < -0.4 is 5.32 Å². The van der Waals surface area contributed by atoms with Gasteiger partial charge in [0, 0.05) is 11.9 Å². The van der Waals surface area contributed by atoms with E-state index in [0.29, 0.717) is 5.92 Å². The van der Waals surface area contributed by atoms with Crippen LogP contribution in [0.1, 0.15) is 30.5 Å². The van der Waals surface area contributed by atoms with E-state index in [4.69, 9.17) is 0 Å². The van der Waals surface area contributed by atoms with Gasteiger partial charge in [0.05, 0.1) is 5.69 Å². The molecular weight excluding hydrogens is 230 g/mol. The third-order valence-electron chi connectivity index (χ3n) is 2.83. The Morgan fingerprint density at radius 1 is 1.29 bits per heavy atom. The van der Waals surface area contributed by atoms with Crippen LogP contribution >= 0.6 is 11.5 Å². The zero-order valence-electron chi connectivity index (χ0n) is 9.97. The van der Waals surface area contributed by atoms with Gasteiger partial charge in [0.15, 0.2) is 0 Å². The Morgan fingerprint density at radius 2 is 2.12 bits per heavy atom. The largest absolute Gasteiger partial charge is 0.311 e. The molecule has 1 aromatic carbocycles. The van der Waals surface area contributed by atoms with Crippen LogP contribution in [0.5, 0.6) is 0 Å². The minimum absolute atomic E-state index is 0.595. The zero-order chi connectivity index (χ0) is 11.9. The van der Waals surface area contributed by atoms with Crippen molar-refractivity contribution >= 4 is 11.5 Å². The first-order valence-electron chi connectivity index (χ1n) is 5.88. The second-order valence-electron chi connectivity index (χ2n) is 4.17. The quantitative estimate of drug-likeness (QED) is 0.798. The summed E-state index contributed by atoms with van der Waals surface area (Å²) in [4.78, 5) is 0. The monoisotopic (exact) mass is 247 g/mol. The van der Waals surface area contributed by atoms with E-state index >= 15 is 0 Å². The molecule has 0 saturated carbocycles. The first-order valence-corrected chi connectivity index (χ1v) is 6.71. The molecule has 0 radical (unpaired) electrons. The molecule has 1 unspecified atom stereocenters. The molecule has 17 heavy (non-hydrogen) atoms. The minimum atomic E-state index is 0.595. The van der Waals surface area contributed by atoms with E-state index in [-0.39, 0.29) is 0 Å². The van der Waals surface area contributed by atoms with Crippen LogP contribution in [0.15, 0.2) is 35.7 Å². The van der Waals surface area contributed by atoms with Gasteiger partial charge in [0.1, 0.15) is 0 Å². The van der Waals surface area contributed by atoms with Crippen molar-refractivity contribution in [3.63, 3.8) is 0 Å². The number of hydrogen-bond acceptors (Lipinski definition) is 4. The first kappa shape index (κ1) is 12.2. The van der Waals surface area contributed by atoms with Gasteiger partial charge in [-0.05, 0) is 36.0 Å². The second kappa shape index (κ2) is 6.47. The summed E-state index contributed by atoms with van der Waals surface area (Å²) >= 11 is 1.40. The Hall–Kier alpha value is -1.26. The van der Waals surface area contributed by atoms with Gasteiger partial charge in [-0.1, -0.05) is 41.7 Å². The molecule has 0 spiro atoms. The first-order chi connectivity index (χ1) is 8.36. The smallest absolute Gasteiger partial charge is 0.0893 e. The summed E-state index contributed by atoms with van der Waals surface area (Å²) in [5.41, 5.74) is 2.44. The van der Waals surface area contributed by atoms with Gasteiger partial charge in [0.25, 0.3) is 0 Å². The van der Waals surface area contributed by atoms with Crippen LogP contribution in [-0.2, 0) is 6.54 Å². The molecule has 0 aliphatic carbocycles. The molecule has 4 heteroatoms. The molecule has 2 rings (SSSR count). The predicted molar refractivity (Wildman–Crippen MR) is 71.1 cm³/mol. The van der Waals surface area contributed by atoms with Crippen LogP contribution in [0.4, 0.5) is 0 Å². The van der Waals surface area contributed by atoms with E-state index in [1.807, 2.05) is 5.38 Å². The standard InChI is InChI=1S/C13H17N3S/c1-11(12-5-3-2-4-6-12)7-8-14-9-13-10-17-16-15-13/h2-6,10-11,14H,7-9H2,1H3. The topological polar surface area (TPSA) is 37.8 Å². The highest BCUT2D eigenvalue weighted by Gasteiger charge is 2.04. The lowest BCUT2D eigenvalue weighted by molar-refractivity contribution is 0.589. The fourth-order valence-corrected chi connectivity index (χ4v) is 2.20. The Labute approximate surface area is 106 Å². The van der Waals surface area contributed by atoms with Crippen molar-refractivity contribution in [2.45, 2.75) is 25.8 Å². The maximum absolute atomic E-state index is 4.00. The molecule has 0 fully saturated rings. The number of nitrogens with zero attached hydrogens (tertiary/aromatic N) is 2. The van der Waals surface area contributed by atoms with Crippen LogP contribution in [0.2, 0.25) is 0 Å². The third kappa shape index (κ3) is 3.91. The average Bonchev–Trinajstić information content (AvgIpc) is 2.88. The van der Waals surface area contributed by atoms with Gasteiger partial charge < -0.3 is 5.32 Å². The Balaban J connectivity index is 1.68. The molecule has 1 heterocycles. The molecule has 0 aliphatic heterocycles. The molecule has 0 saturated heterocycles. The van der Waals surface area contributed by atoms with Gasteiger partial charge in [-0.25, -0.2) is 0 Å². The predicted octanol–water partition coefficient (Wildman–Crippen LogP) is 2.82. The van der Waals surface area contributed by atoms with Gasteiger partial charge in [0.2, 0.25) is 0 Å². The summed E-state index contributed by atoms with van der Waals surface area (Å²) in [6.07, 6.45) is 1.14. The Kier molecular flexibility index (Phi) is 4.64. The highest BCUT2D eigenvalue weighted by atomic mass is 32.1. The molecule has 0 aliphatic rings. The summed E-state index contributed by atoms with van der Waals surface area (Å²) in [5.74, 6) is 0.595. The molecule has 1 aromatic heterocycles. The molecule has 0 amide bonds. The van der Waals surface area contributed by atoms with Crippen LogP contribution in [0.3, 0.4) is 0 Å². The third-order valence-corrected chi connectivity index (χ3v) is 3.39. The van der Waals surface area contributed by atoms with Gasteiger partial charge in [-0.2, -0.15) is 0 Å². The molecule has 1 N–H and O–H groups in total. The van der Waals surface area contributed by atoms with Gasteiger partial charge in [-0.15, -0.1) is 5.10 Å². The van der Waals surface area contributed by atoms with Crippen LogP contribution in [0, 0.1) is 0 Å². The summed E-state index contributed by atoms with van der Waals surface area (Å²) in [6, 6.07) is 10.6. The van der Waals surface area contributed by atoms with Crippen molar-refractivity contribution in [3.8, 4) is 0 Å². The number of benzene rings is 1. The summed E-state index contributed by atoms with van der Waals surface area (Å²) in [5, 5.41) is 9.37. The van der Waals surface area contributed by atoms with Gasteiger partial charge >= 0.3 is 0 Å². The summed E-state index contributed by atoms with van der Waals surface area (Å²) < 4.78 is 3.84. The Morgan fingerprint density at radius 3 is 2.82 bits per heavy atom. The second-order valence-corrected chi connectivity index (χ2v) is 4.78. The summed E-state index contributed by atoms with van der Waals surface area (Å²) in [7, 11) is 0. The number of aromatic nitrogens is 2. The molecule has 0 bridgehead atoms. The normalized spacial score (nSPS) is 12.5. The van der Waals surface area contributed by atoms with E-state index in [1.54, 1.807) is 0 Å². The van der Waals surface area contributed by atoms with Crippen molar-refractivity contribution in [2.24, 2.45) is 0 Å². The SMILES string of the molecule is CC(CCNCc1csnn1)c1ccccc1. The number of rotatable bonds is 6. The van der Waals surface area contributed by atoms with Gasteiger partial charge in [-0.3, -0.25) is 0 Å². The zero-order valence-corrected chi connectivity index (χ0v) is 10.8. The minimum Gasteiger partial charge on any atom is -0.311 e. The highest BCUT2D eigenvalue weighted by Crippen LogP contribution is 2.17. The van der Waals surface area contributed by atoms with Crippen molar-refractivity contribution in [2.75, 3.05) is 6.54 Å². The van der Waals surface area contributed by atoms with E-state index in [0.717, 1.165) is 25.2 Å². The molecule has 2 aromatic rings. The molecule has 3 nitrogen and oxygen atoms in total. The van der Waals surface area contributed by atoms with E-state index in [2.05, 4.69) is 52.2 Å². The molecular formula is C13H17N3S. The summed E-state index contributed by atoms with van der Waals surface area (Å²) in [6.45, 7) is 4.09. The maximum atomic E-state index is 4.00. The number of hydrogen-bond donors (Lipinski definition) is 1. The van der Waals surface area contributed by atoms with Crippen LogP contribution in [0.25, 0.3) is 0 Å². The van der Waals surface area contributed by atoms with Crippen LogP contribution in [-0.4, -0.2) is 16.1 Å². The van der Waals surface area contributed by atoms with E-state index < -0.39 is 0 Å². The fraction of sp³-hybridized carbons (Fsp3) is 0.385. The molecule has 90 valence electrons. The van der Waals surface area contributed by atoms with E-state index in [1.165, 1.54) is 17.1 Å².